The quantitative estimate of drug-likeness (QED) is 0.0320. The second-order valence-electron chi connectivity index (χ2n) is 15.8. The Balaban J connectivity index is 4.44. The van der Waals surface area contributed by atoms with Crippen LogP contribution in [0.5, 0.6) is 0 Å². The molecule has 0 heterocycles. The number of unbranched alkanes of at least 4 members (excludes halogenated alkanes) is 12. The average molecular weight is 833 g/mol. The number of nitrogens with one attached hydrogen (secondary N) is 1. The summed E-state index contributed by atoms with van der Waals surface area (Å²) in [6, 6.07) is -0.868. The van der Waals surface area contributed by atoms with Gasteiger partial charge in [0.1, 0.15) is 12.1 Å². The summed E-state index contributed by atoms with van der Waals surface area (Å²) in [7, 11) is 0. The number of hydrogen-bond donors (Lipinski definition) is 3. The third-order valence-electron chi connectivity index (χ3n) is 10.1. The van der Waals surface area contributed by atoms with Gasteiger partial charge in [-0.1, -0.05) is 156 Å². The highest BCUT2D eigenvalue weighted by Crippen LogP contribution is 2.18. The van der Waals surface area contributed by atoms with Crippen LogP contribution in [-0.2, 0) is 19.1 Å². The van der Waals surface area contributed by atoms with Crippen molar-refractivity contribution in [3.8, 4) is 0 Å². The summed E-state index contributed by atoms with van der Waals surface area (Å²) in [6.07, 6.45) is 63.1. The first kappa shape index (κ1) is 56.3. The van der Waals surface area contributed by atoms with Crippen molar-refractivity contribution in [1.29, 1.82) is 0 Å². The number of hydrogen-bond acceptors (Lipinski definition) is 5. The lowest BCUT2D eigenvalue weighted by molar-refractivity contribution is -0.150. The van der Waals surface area contributed by atoms with Crippen molar-refractivity contribution in [2.45, 2.75) is 212 Å². The smallest absolute Gasteiger partial charge is 0.326 e. The van der Waals surface area contributed by atoms with E-state index in [0.717, 1.165) is 141 Å². The zero-order valence-corrected chi connectivity index (χ0v) is 38.3. The summed E-state index contributed by atoms with van der Waals surface area (Å²) >= 11 is 0. The third-order valence-corrected chi connectivity index (χ3v) is 10.1. The van der Waals surface area contributed by atoms with Crippen LogP contribution in [0, 0.1) is 0 Å². The Morgan fingerprint density at radius 1 is 0.483 bits per heavy atom. The summed E-state index contributed by atoms with van der Waals surface area (Å²) < 4.78 is 6.05. The number of esters is 1. The highest BCUT2D eigenvalue weighted by atomic mass is 16.5. The largest absolute Gasteiger partial charge is 0.480 e. The van der Waals surface area contributed by atoms with Gasteiger partial charge in [-0.3, -0.25) is 9.59 Å². The van der Waals surface area contributed by atoms with Gasteiger partial charge < -0.3 is 20.9 Å². The van der Waals surface area contributed by atoms with E-state index in [4.69, 9.17) is 10.5 Å². The number of carboxylic acids is 1. The molecular weight excluding hydrogens is 745 g/mol. The molecule has 0 radical (unpaired) electrons. The maximum atomic E-state index is 12.9. The number of rotatable bonds is 42. The Labute approximate surface area is 367 Å². The van der Waals surface area contributed by atoms with Crippen molar-refractivity contribution >= 4 is 17.8 Å². The lowest BCUT2D eigenvalue weighted by Crippen LogP contribution is -2.40. The number of allylic oxidation sites excluding steroid dienone is 16. The van der Waals surface area contributed by atoms with Gasteiger partial charge in [0, 0.05) is 12.8 Å². The maximum Gasteiger partial charge on any atom is 0.326 e. The lowest BCUT2D eigenvalue weighted by atomic mass is 10.0. The van der Waals surface area contributed by atoms with E-state index in [0.29, 0.717) is 32.2 Å². The van der Waals surface area contributed by atoms with Gasteiger partial charge in [0.05, 0.1) is 0 Å². The first-order valence-corrected chi connectivity index (χ1v) is 24.1. The van der Waals surface area contributed by atoms with Crippen LogP contribution in [0.4, 0.5) is 0 Å². The van der Waals surface area contributed by atoms with E-state index in [9.17, 15) is 19.5 Å². The Hall–Kier alpha value is -3.71. The number of aliphatic carboxylic acids is 1. The monoisotopic (exact) mass is 833 g/mol. The molecule has 7 nitrogen and oxygen atoms in total. The third kappa shape index (κ3) is 42.4. The summed E-state index contributed by atoms with van der Waals surface area (Å²) in [6.45, 7) is 4.71. The number of amides is 1. The molecule has 2 atom stereocenters. The SMILES string of the molecule is CC/C=C\C/C=C\C/C=C\C/C=C\CCCCCCCCC(=O)OC(CCCC/C=C\C/C=C\C/C=C\C/C=C\CC)CCCCCCCC(=O)NC(CCCN)C(=O)O. The molecule has 0 aliphatic rings. The molecular formula is C53H88N2O5. The number of nitrogens with two attached hydrogens (primary N) is 1. The molecule has 340 valence electrons. The van der Waals surface area contributed by atoms with Crippen LogP contribution in [0.2, 0.25) is 0 Å². The van der Waals surface area contributed by atoms with E-state index in [1.165, 1.54) is 19.3 Å². The summed E-state index contributed by atoms with van der Waals surface area (Å²) in [5.74, 6) is -1.29. The minimum atomic E-state index is -1.01. The van der Waals surface area contributed by atoms with Crippen molar-refractivity contribution in [2.24, 2.45) is 5.73 Å². The highest BCUT2D eigenvalue weighted by molar-refractivity contribution is 5.83. The molecule has 0 aromatic heterocycles. The molecule has 2 unspecified atom stereocenters. The van der Waals surface area contributed by atoms with Crippen molar-refractivity contribution in [1.82, 2.24) is 5.32 Å². The van der Waals surface area contributed by atoms with Crippen molar-refractivity contribution in [3.05, 3.63) is 97.2 Å². The normalized spacial score (nSPS) is 13.5. The van der Waals surface area contributed by atoms with Crippen LogP contribution in [-0.4, -0.2) is 41.6 Å². The molecule has 0 spiro atoms. The molecule has 0 fully saturated rings. The summed E-state index contributed by atoms with van der Waals surface area (Å²) in [4.78, 5) is 36.5. The van der Waals surface area contributed by atoms with Crippen LogP contribution in [0.15, 0.2) is 97.2 Å². The first-order chi connectivity index (χ1) is 29.4. The highest BCUT2D eigenvalue weighted by Gasteiger charge is 2.19. The number of carbonyl (C=O) groups excluding carboxylic acids is 2. The van der Waals surface area contributed by atoms with Gasteiger partial charge in [0.15, 0.2) is 0 Å². The molecule has 0 rings (SSSR count). The predicted octanol–water partition coefficient (Wildman–Crippen LogP) is 14.2. The molecule has 0 aromatic rings. The zero-order chi connectivity index (χ0) is 43.8. The van der Waals surface area contributed by atoms with E-state index in [1.54, 1.807) is 0 Å². The number of carboxylic acid groups (broad SMARTS) is 1. The van der Waals surface area contributed by atoms with Gasteiger partial charge in [0.2, 0.25) is 5.91 Å². The second-order valence-corrected chi connectivity index (χ2v) is 15.8. The van der Waals surface area contributed by atoms with E-state index in [-0.39, 0.29) is 18.0 Å². The van der Waals surface area contributed by atoms with Crippen LogP contribution in [0.3, 0.4) is 0 Å². The van der Waals surface area contributed by atoms with Gasteiger partial charge in [-0.15, -0.1) is 0 Å². The van der Waals surface area contributed by atoms with Gasteiger partial charge in [-0.2, -0.15) is 0 Å². The fourth-order valence-electron chi connectivity index (χ4n) is 6.61. The molecule has 60 heavy (non-hydrogen) atoms. The number of carbonyl (C=O) groups is 3. The molecule has 0 aromatic carbocycles. The Kier molecular flexibility index (Phi) is 43.5. The van der Waals surface area contributed by atoms with Crippen molar-refractivity contribution < 1.29 is 24.2 Å². The van der Waals surface area contributed by atoms with Crippen LogP contribution < -0.4 is 11.1 Å². The lowest BCUT2D eigenvalue weighted by Gasteiger charge is -2.18. The summed E-state index contributed by atoms with van der Waals surface area (Å²) in [5.41, 5.74) is 5.49. The average Bonchev–Trinajstić information content (AvgIpc) is 3.23. The van der Waals surface area contributed by atoms with E-state index in [2.05, 4.69) is 116 Å². The molecule has 4 N–H and O–H groups in total. The van der Waals surface area contributed by atoms with Crippen LogP contribution in [0.1, 0.15) is 200 Å². The Morgan fingerprint density at radius 2 is 0.867 bits per heavy atom. The van der Waals surface area contributed by atoms with Crippen LogP contribution >= 0.6 is 0 Å². The Morgan fingerprint density at radius 3 is 1.33 bits per heavy atom. The first-order valence-electron chi connectivity index (χ1n) is 24.1. The molecule has 0 saturated carbocycles. The fraction of sp³-hybridized carbons (Fsp3) is 0.642. The minimum Gasteiger partial charge on any atom is -0.480 e. The molecule has 0 aliphatic heterocycles. The Bertz CT molecular complexity index is 1260. The number of ether oxygens (including phenoxy) is 1. The molecule has 0 saturated heterocycles. The zero-order valence-electron chi connectivity index (χ0n) is 38.3. The topological polar surface area (TPSA) is 119 Å². The van der Waals surface area contributed by atoms with E-state index < -0.39 is 12.0 Å². The minimum absolute atomic E-state index is 0.0412. The predicted molar refractivity (Wildman–Crippen MR) is 257 cm³/mol. The van der Waals surface area contributed by atoms with Crippen LogP contribution in [0.25, 0.3) is 0 Å². The van der Waals surface area contributed by atoms with Crippen molar-refractivity contribution in [2.75, 3.05) is 6.54 Å². The van der Waals surface area contributed by atoms with Gasteiger partial charge in [0.25, 0.3) is 0 Å². The van der Waals surface area contributed by atoms with Gasteiger partial charge in [-0.25, -0.2) is 4.79 Å². The van der Waals surface area contributed by atoms with Gasteiger partial charge in [-0.05, 0) is 135 Å². The second kappa shape index (κ2) is 46.4. The molecule has 0 aliphatic carbocycles. The maximum absolute atomic E-state index is 12.9. The van der Waals surface area contributed by atoms with Crippen molar-refractivity contribution in [3.63, 3.8) is 0 Å². The fourth-order valence-corrected chi connectivity index (χ4v) is 6.61. The van der Waals surface area contributed by atoms with E-state index >= 15 is 0 Å². The van der Waals surface area contributed by atoms with Gasteiger partial charge >= 0.3 is 11.9 Å². The molecule has 1 amide bonds. The molecule has 7 heteroatoms. The van der Waals surface area contributed by atoms with E-state index in [1.807, 2.05) is 0 Å². The summed E-state index contributed by atoms with van der Waals surface area (Å²) in [5, 5.41) is 12.0. The molecule has 0 bridgehead atoms. The standard InChI is InChI=1S/C53H88N2O5/c1-3-5-7-9-11-13-15-17-19-20-21-22-24-26-28-30-32-37-41-47-52(57)60-49(43-38-34-31-29-27-25-23-18-16-14-12-10-8-6-4-2)44-39-35-33-36-40-46-51(56)55-50(53(58)59)45-42-48-54/h5-8,11-14,17-19,21-23,27,29,49-50H,3-4,9-10,15-16,20,24-26,28,30-48,54H2,1-2H3,(H,55,56)(H,58,59)/b7-5-,8-6-,13-11-,14-12-,19-17-,22-21-,23-18-,29-27-.